The maximum absolute atomic E-state index is 13.4. The molecule has 4 nitrogen and oxygen atoms in total. The van der Waals surface area contributed by atoms with Crippen molar-refractivity contribution in [2.45, 2.75) is 39.2 Å². The minimum absolute atomic E-state index is 0.0724. The molecule has 0 fully saturated rings. The molecular weight excluding hydrogens is 312 g/mol. The van der Waals surface area contributed by atoms with Gasteiger partial charge in [0.05, 0.1) is 5.69 Å². The predicted octanol–water partition coefficient (Wildman–Crippen LogP) is 4.22. The third kappa shape index (κ3) is 4.96. The molecule has 24 heavy (non-hydrogen) atoms. The van der Waals surface area contributed by atoms with E-state index in [9.17, 15) is 8.78 Å². The maximum Gasteiger partial charge on any atom is 0.284 e. The van der Waals surface area contributed by atoms with Gasteiger partial charge in [0.1, 0.15) is 18.1 Å². The Labute approximate surface area is 141 Å². The zero-order valence-corrected chi connectivity index (χ0v) is 14.2. The molecule has 0 spiro atoms. The van der Waals surface area contributed by atoms with Gasteiger partial charge in [-0.2, -0.15) is 0 Å². The molecule has 2 N–H and O–H groups in total. The van der Waals surface area contributed by atoms with Gasteiger partial charge < -0.3 is 10.5 Å². The molecule has 0 aliphatic rings. The van der Waals surface area contributed by atoms with Gasteiger partial charge in [0.15, 0.2) is 0 Å². The second-order valence-corrected chi connectivity index (χ2v) is 6.66. The Hall–Kier alpha value is -2.08. The molecule has 0 aromatic carbocycles. The highest BCUT2D eigenvalue weighted by molar-refractivity contribution is 5.59. The number of rotatable bonds is 7. The van der Waals surface area contributed by atoms with E-state index in [1.807, 2.05) is 6.92 Å². The molecule has 0 saturated carbocycles. The predicted molar refractivity (Wildman–Crippen MR) is 90.0 cm³/mol. The molecule has 0 amide bonds. The van der Waals surface area contributed by atoms with Crippen LogP contribution in [-0.4, -0.2) is 22.1 Å². The van der Waals surface area contributed by atoms with Crippen LogP contribution in [0.1, 0.15) is 39.3 Å². The lowest BCUT2D eigenvalue weighted by Gasteiger charge is -2.27. The standard InChI is InChI=1S/C18H23F2N3O/c1-12(2)10-18(3,21)11-24-15-5-4-14(23-16(15)17(19)20)13-6-8-22-9-7-13/h4-9,12,17H,10-11,21H2,1-3H3. The van der Waals surface area contributed by atoms with E-state index in [0.717, 1.165) is 12.0 Å². The topological polar surface area (TPSA) is 61.0 Å². The number of halogens is 2. The fourth-order valence-corrected chi connectivity index (χ4v) is 2.66. The first-order chi connectivity index (χ1) is 11.3. The van der Waals surface area contributed by atoms with Crippen LogP contribution in [0, 0.1) is 5.92 Å². The van der Waals surface area contributed by atoms with Crippen LogP contribution in [0.4, 0.5) is 8.78 Å². The van der Waals surface area contributed by atoms with E-state index in [4.69, 9.17) is 10.5 Å². The number of ether oxygens (including phenoxy) is 1. The molecule has 0 aliphatic heterocycles. The number of nitrogens with zero attached hydrogens (tertiary/aromatic N) is 2. The largest absolute Gasteiger partial charge is 0.490 e. The lowest BCUT2D eigenvalue weighted by molar-refractivity contribution is 0.134. The summed E-state index contributed by atoms with van der Waals surface area (Å²) in [5, 5.41) is 0. The van der Waals surface area contributed by atoms with Gasteiger partial charge in [-0.05, 0) is 43.5 Å². The van der Waals surface area contributed by atoms with E-state index in [0.29, 0.717) is 11.6 Å². The second kappa shape index (κ2) is 7.66. The molecule has 1 atom stereocenters. The Balaban J connectivity index is 2.21. The molecule has 0 radical (unpaired) electrons. The third-order valence-electron chi connectivity index (χ3n) is 3.50. The maximum atomic E-state index is 13.4. The van der Waals surface area contributed by atoms with Crippen LogP contribution < -0.4 is 10.5 Å². The average Bonchev–Trinajstić information content (AvgIpc) is 2.52. The normalized spacial score (nSPS) is 14.0. The first-order valence-corrected chi connectivity index (χ1v) is 7.89. The van der Waals surface area contributed by atoms with Gasteiger partial charge in [-0.15, -0.1) is 0 Å². The van der Waals surface area contributed by atoms with Gasteiger partial charge in [-0.1, -0.05) is 13.8 Å². The fourth-order valence-electron chi connectivity index (χ4n) is 2.66. The summed E-state index contributed by atoms with van der Waals surface area (Å²) in [5.41, 5.74) is 6.40. The summed E-state index contributed by atoms with van der Waals surface area (Å²) in [4.78, 5) is 7.97. The van der Waals surface area contributed by atoms with E-state index in [1.165, 1.54) is 6.07 Å². The van der Waals surface area contributed by atoms with Crippen molar-refractivity contribution in [2.24, 2.45) is 11.7 Å². The van der Waals surface area contributed by atoms with E-state index in [1.54, 1.807) is 30.6 Å². The van der Waals surface area contributed by atoms with Crippen molar-refractivity contribution in [3.05, 3.63) is 42.4 Å². The van der Waals surface area contributed by atoms with Crippen molar-refractivity contribution in [1.82, 2.24) is 9.97 Å². The monoisotopic (exact) mass is 335 g/mol. The van der Waals surface area contributed by atoms with Gasteiger partial charge in [0, 0.05) is 23.5 Å². The number of alkyl halides is 2. The molecule has 0 aliphatic carbocycles. The van der Waals surface area contributed by atoms with Crippen LogP contribution in [0.15, 0.2) is 36.7 Å². The van der Waals surface area contributed by atoms with Crippen LogP contribution >= 0.6 is 0 Å². The summed E-state index contributed by atoms with van der Waals surface area (Å²) in [7, 11) is 0. The van der Waals surface area contributed by atoms with Crippen molar-refractivity contribution in [1.29, 1.82) is 0 Å². The van der Waals surface area contributed by atoms with Crippen LogP contribution in [0.2, 0.25) is 0 Å². The molecule has 2 aromatic heterocycles. The van der Waals surface area contributed by atoms with Gasteiger partial charge in [-0.25, -0.2) is 13.8 Å². The summed E-state index contributed by atoms with van der Waals surface area (Å²) in [6, 6.07) is 6.62. The van der Waals surface area contributed by atoms with E-state index >= 15 is 0 Å². The molecule has 2 heterocycles. The Morgan fingerprint density at radius 1 is 1.17 bits per heavy atom. The first kappa shape index (κ1) is 18.3. The first-order valence-electron chi connectivity index (χ1n) is 7.89. The van der Waals surface area contributed by atoms with Gasteiger partial charge in [0.2, 0.25) is 0 Å². The van der Waals surface area contributed by atoms with Crippen molar-refractivity contribution < 1.29 is 13.5 Å². The van der Waals surface area contributed by atoms with Gasteiger partial charge in [0.25, 0.3) is 6.43 Å². The number of hydrogen-bond acceptors (Lipinski definition) is 4. The number of hydrogen-bond donors (Lipinski definition) is 1. The molecular formula is C18H23F2N3O. The molecule has 0 saturated heterocycles. The highest BCUT2D eigenvalue weighted by atomic mass is 19.3. The zero-order valence-electron chi connectivity index (χ0n) is 14.2. The summed E-state index contributed by atoms with van der Waals surface area (Å²) in [5.74, 6) is 0.466. The molecule has 6 heteroatoms. The van der Waals surface area contributed by atoms with Crippen LogP contribution in [0.25, 0.3) is 11.3 Å². The quantitative estimate of drug-likeness (QED) is 0.823. The van der Waals surface area contributed by atoms with Crippen LogP contribution in [0.3, 0.4) is 0 Å². The molecule has 1 unspecified atom stereocenters. The van der Waals surface area contributed by atoms with Crippen molar-refractivity contribution in [3.8, 4) is 17.0 Å². The Kier molecular flexibility index (Phi) is 5.83. The Bertz CT molecular complexity index is 661. The minimum atomic E-state index is -2.73. The minimum Gasteiger partial charge on any atom is -0.490 e. The lowest BCUT2D eigenvalue weighted by atomic mass is 9.93. The fraction of sp³-hybridized carbons (Fsp3) is 0.444. The summed E-state index contributed by atoms with van der Waals surface area (Å²) < 4.78 is 32.3. The third-order valence-corrected chi connectivity index (χ3v) is 3.50. The van der Waals surface area contributed by atoms with E-state index < -0.39 is 12.0 Å². The number of pyridine rings is 2. The summed E-state index contributed by atoms with van der Waals surface area (Å²) >= 11 is 0. The van der Waals surface area contributed by atoms with E-state index in [-0.39, 0.29) is 18.1 Å². The Morgan fingerprint density at radius 2 is 1.83 bits per heavy atom. The Morgan fingerprint density at radius 3 is 2.42 bits per heavy atom. The number of nitrogens with two attached hydrogens (primary N) is 1. The molecule has 2 aromatic rings. The highest BCUT2D eigenvalue weighted by Crippen LogP contribution is 2.31. The highest BCUT2D eigenvalue weighted by Gasteiger charge is 2.24. The SMILES string of the molecule is CC(C)CC(C)(N)COc1ccc(-c2ccncc2)nc1C(F)F. The van der Waals surface area contributed by atoms with Crippen LogP contribution in [0.5, 0.6) is 5.75 Å². The van der Waals surface area contributed by atoms with E-state index in [2.05, 4.69) is 23.8 Å². The number of aromatic nitrogens is 2. The van der Waals surface area contributed by atoms with Crippen molar-refractivity contribution >= 4 is 0 Å². The van der Waals surface area contributed by atoms with Gasteiger partial charge >= 0.3 is 0 Å². The lowest BCUT2D eigenvalue weighted by Crippen LogP contribution is -2.43. The molecule has 130 valence electrons. The second-order valence-electron chi connectivity index (χ2n) is 6.66. The molecule has 0 bridgehead atoms. The van der Waals surface area contributed by atoms with Crippen LogP contribution in [-0.2, 0) is 0 Å². The summed E-state index contributed by atoms with van der Waals surface area (Å²) in [6.07, 6.45) is 1.19. The zero-order chi connectivity index (χ0) is 17.7. The smallest absolute Gasteiger partial charge is 0.284 e. The molecule has 2 rings (SSSR count). The van der Waals surface area contributed by atoms with Crippen molar-refractivity contribution in [3.63, 3.8) is 0 Å². The van der Waals surface area contributed by atoms with Crippen molar-refractivity contribution in [2.75, 3.05) is 6.61 Å². The summed E-state index contributed by atoms with van der Waals surface area (Å²) in [6.45, 7) is 6.12. The average molecular weight is 335 g/mol. The van der Waals surface area contributed by atoms with Gasteiger partial charge in [-0.3, -0.25) is 4.98 Å².